The maximum absolute atomic E-state index is 12.2. The molecule has 0 saturated carbocycles. The van der Waals surface area contributed by atoms with E-state index in [1.807, 2.05) is 0 Å². The van der Waals surface area contributed by atoms with Gasteiger partial charge in [0, 0.05) is 11.1 Å². The summed E-state index contributed by atoms with van der Waals surface area (Å²) in [7, 11) is -4.58. The van der Waals surface area contributed by atoms with Gasteiger partial charge in [-0.05, 0) is 18.2 Å². The number of hydrogen-bond acceptors (Lipinski definition) is 5. The van der Waals surface area contributed by atoms with Crippen LogP contribution in [0.1, 0.15) is 15.9 Å². The second-order valence-electron chi connectivity index (χ2n) is 4.11. The van der Waals surface area contributed by atoms with Crippen molar-refractivity contribution < 1.29 is 27.6 Å². The van der Waals surface area contributed by atoms with Crippen LogP contribution in [0.4, 0.5) is 0 Å². The fraction of sp³-hybridized carbons (Fsp3) is 0.0714. The van der Waals surface area contributed by atoms with E-state index in [0.717, 1.165) is 6.07 Å². The molecule has 0 radical (unpaired) electrons. The number of rotatable bonds is 5. The van der Waals surface area contributed by atoms with Gasteiger partial charge in [0.15, 0.2) is 12.6 Å². The molecule has 110 valence electrons. The minimum absolute atomic E-state index is 0.0825. The van der Waals surface area contributed by atoms with E-state index in [2.05, 4.69) is 0 Å². The lowest BCUT2D eigenvalue weighted by molar-refractivity contribution is 0.0955. The molecule has 0 saturated heterocycles. The summed E-state index contributed by atoms with van der Waals surface area (Å²) in [5, 5.41) is 8.70. The van der Waals surface area contributed by atoms with Crippen molar-refractivity contribution in [3.63, 3.8) is 0 Å². The summed E-state index contributed by atoms with van der Waals surface area (Å²) in [6, 6.07) is 11.9. The van der Waals surface area contributed by atoms with Crippen LogP contribution in [0.25, 0.3) is 0 Å². The molecule has 0 aliphatic carbocycles. The summed E-state index contributed by atoms with van der Waals surface area (Å²) < 4.78 is 36.5. The van der Waals surface area contributed by atoms with Crippen molar-refractivity contribution in [1.29, 1.82) is 0 Å². The third kappa shape index (κ3) is 3.46. The molecular formula is C14H12O6S. The van der Waals surface area contributed by atoms with Crippen molar-refractivity contribution in [2.45, 2.75) is 4.90 Å². The Kier molecular flexibility index (Phi) is 4.37. The zero-order valence-electron chi connectivity index (χ0n) is 10.8. The summed E-state index contributed by atoms with van der Waals surface area (Å²) in [5.74, 6) is -0.624. The lowest BCUT2D eigenvalue weighted by atomic mass is 10.0. The van der Waals surface area contributed by atoms with Crippen LogP contribution >= 0.6 is 0 Å². The van der Waals surface area contributed by atoms with E-state index < -0.39 is 27.6 Å². The topological polar surface area (TPSA) is 101 Å². The van der Waals surface area contributed by atoms with Crippen LogP contribution in [-0.4, -0.2) is 30.7 Å². The van der Waals surface area contributed by atoms with Gasteiger partial charge in [-0.3, -0.25) is 9.35 Å². The molecule has 0 aliphatic heterocycles. The van der Waals surface area contributed by atoms with Crippen molar-refractivity contribution in [2.24, 2.45) is 0 Å². The van der Waals surface area contributed by atoms with Crippen molar-refractivity contribution >= 4 is 15.9 Å². The van der Waals surface area contributed by atoms with Gasteiger partial charge < -0.3 is 9.84 Å². The van der Waals surface area contributed by atoms with Crippen LogP contribution in [0.15, 0.2) is 53.4 Å². The zero-order chi connectivity index (χ0) is 15.5. The van der Waals surface area contributed by atoms with Gasteiger partial charge in [-0.25, -0.2) is 0 Å². The molecular weight excluding hydrogens is 296 g/mol. The number of carbonyl (C=O) groups excluding carboxylic acids is 1. The number of benzene rings is 2. The quantitative estimate of drug-likeness (QED) is 0.493. The van der Waals surface area contributed by atoms with E-state index in [0.29, 0.717) is 5.56 Å². The molecule has 0 atom stereocenters. The Bertz CT molecular complexity index is 752. The Balaban J connectivity index is 2.50. The van der Waals surface area contributed by atoms with Gasteiger partial charge >= 0.3 is 0 Å². The van der Waals surface area contributed by atoms with E-state index >= 15 is 0 Å². The fourth-order valence-electron chi connectivity index (χ4n) is 1.80. The van der Waals surface area contributed by atoms with Gasteiger partial charge in [-0.2, -0.15) is 8.42 Å². The third-order valence-corrected chi connectivity index (χ3v) is 3.61. The highest BCUT2D eigenvalue weighted by Gasteiger charge is 2.20. The molecule has 0 heterocycles. The minimum atomic E-state index is -4.58. The molecule has 6 nitrogen and oxygen atoms in total. The molecule has 0 unspecified atom stereocenters. The Labute approximate surface area is 121 Å². The number of aliphatic hydroxyl groups excluding tert-OH is 1. The van der Waals surface area contributed by atoms with E-state index in [-0.39, 0.29) is 11.3 Å². The largest absolute Gasteiger partial charge is 0.466 e. The summed E-state index contributed by atoms with van der Waals surface area (Å²) in [5.41, 5.74) is 0.466. The van der Waals surface area contributed by atoms with Crippen LogP contribution in [-0.2, 0) is 10.1 Å². The molecule has 0 aliphatic rings. The maximum Gasteiger partial charge on any atom is 0.298 e. The van der Waals surface area contributed by atoms with Gasteiger partial charge in [0.05, 0.1) is 0 Å². The van der Waals surface area contributed by atoms with E-state index in [4.69, 9.17) is 9.84 Å². The van der Waals surface area contributed by atoms with Crippen molar-refractivity contribution in [2.75, 3.05) is 6.79 Å². The van der Waals surface area contributed by atoms with Gasteiger partial charge in [-0.15, -0.1) is 0 Å². The number of ketones is 1. The predicted molar refractivity (Wildman–Crippen MR) is 73.8 cm³/mol. The number of ether oxygens (including phenoxy) is 1. The number of hydrogen-bond donors (Lipinski definition) is 2. The van der Waals surface area contributed by atoms with Crippen LogP contribution < -0.4 is 4.74 Å². The number of aliphatic hydroxyl groups is 1. The molecule has 2 N–H and O–H groups in total. The second-order valence-corrected chi connectivity index (χ2v) is 5.50. The van der Waals surface area contributed by atoms with Crippen LogP contribution in [0, 0.1) is 0 Å². The lowest BCUT2D eigenvalue weighted by Gasteiger charge is -2.09. The normalized spacial score (nSPS) is 11.1. The number of carbonyl (C=O) groups is 1. The van der Waals surface area contributed by atoms with Crippen molar-refractivity contribution in [3.05, 3.63) is 59.7 Å². The summed E-state index contributed by atoms with van der Waals surface area (Å²) in [6.45, 7) is -0.755. The Morgan fingerprint density at radius 3 is 2.29 bits per heavy atom. The Morgan fingerprint density at radius 2 is 1.71 bits per heavy atom. The van der Waals surface area contributed by atoms with E-state index in [1.54, 1.807) is 30.3 Å². The standard InChI is InChI=1S/C14H12O6S/c15-9-20-12-7-6-11(8-13(12)21(17,18)19)14(16)10-4-2-1-3-5-10/h1-8,15H,9H2,(H,17,18,19). The Morgan fingerprint density at radius 1 is 1.05 bits per heavy atom. The molecule has 7 heteroatoms. The molecule has 21 heavy (non-hydrogen) atoms. The maximum atomic E-state index is 12.2. The van der Waals surface area contributed by atoms with Crippen LogP contribution in [0.5, 0.6) is 5.75 Å². The van der Waals surface area contributed by atoms with Gasteiger partial charge in [0.25, 0.3) is 10.1 Å². The average Bonchev–Trinajstić information content (AvgIpc) is 2.47. The molecule has 0 bridgehead atoms. The molecule has 2 aromatic rings. The smallest absolute Gasteiger partial charge is 0.298 e. The van der Waals surface area contributed by atoms with Crippen molar-refractivity contribution in [1.82, 2.24) is 0 Å². The lowest BCUT2D eigenvalue weighted by Crippen LogP contribution is -2.08. The van der Waals surface area contributed by atoms with Gasteiger partial charge in [0.1, 0.15) is 10.6 Å². The molecule has 0 amide bonds. The zero-order valence-corrected chi connectivity index (χ0v) is 11.6. The van der Waals surface area contributed by atoms with Crippen molar-refractivity contribution in [3.8, 4) is 5.75 Å². The second kappa shape index (κ2) is 6.04. The third-order valence-electron chi connectivity index (χ3n) is 2.74. The van der Waals surface area contributed by atoms with E-state index in [9.17, 15) is 17.8 Å². The first kappa shape index (κ1) is 15.2. The highest BCUT2D eigenvalue weighted by molar-refractivity contribution is 7.86. The molecule has 0 aromatic heterocycles. The monoisotopic (exact) mass is 308 g/mol. The molecule has 0 spiro atoms. The molecule has 0 fully saturated rings. The fourth-order valence-corrected chi connectivity index (χ4v) is 2.45. The first-order valence-corrected chi connectivity index (χ1v) is 7.32. The summed E-state index contributed by atoms with van der Waals surface area (Å²) >= 11 is 0. The van der Waals surface area contributed by atoms with Gasteiger partial charge in [0.2, 0.25) is 0 Å². The molecule has 2 aromatic carbocycles. The highest BCUT2D eigenvalue weighted by Crippen LogP contribution is 2.26. The van der Waals surface area contributed by atoms with Crippen LogP contribution in [0.2, 0.25) is 0 Å². The SMILES string of the molecule is O=C(c1ccccc1)c1ccc(OCO)c(S(=O)(=O)O)c1. The summed E-state index contributed by atoms with van der Waals surface area (Å²) in [6.07, 6.45) is 0. The average molecular weight is 308 g/mol. The van der Waals surface area contributed by atoms with E-state index in [1.165, 1.54) is 12.1 Å². The highest BCUT2D eigenvalue weighted by atomic mass is 32.2. The minimum Gasteiger partial charge on any atom is -0.466 e. The van der Waals surface area contributed by atoms with Gasteiger partial charge in [-0.1, -0.05) is 30.3 Å². The van der Waals surface area contributed by atoms with Crippen LogP contribution in [0.3, 0.4) is 0 Å². The first-order valence-electron chi connectivity index (χ1n) is 5.88. The molecule has 2 rings (SSSR count). The first-order chi connectivity index (χ1) is 9.93. The predicted octanol–water partition coefficient (Wildman–Crippen LogP) is 1.49. The Hall–Kier alpha value is -2.22. The summed E-state index contributed by atoms with van der Waals surface area (Å²) in [4.78, 5) is 11.7.